The molecular weight excluding hydrogens is 286 g/mol. The molecule has 4 heteroatoms. The van der Waals surface area contributed by atoms with Crippen LogP contribution in [0.2, 0.25) is 5.02 Å². The SMILES string of the molecule is O=C1N[C@H](c2cccc(C#Cc3cccc(Cl)c3)c2)CO1. The van der Waals surface area contributed by atoms with Gasteiger partial charge in [-0.2, -0.15) is 0 Å². The Morgan fingerprint density at radius 1 is 1.10 bits per heavy atom. The van der Waals surface area contributed by atoms with Crippen molar-refractivity contribution in [3.05, 3.63) is 70.2 Å². The molecule has 3 nitrogen and oxygen atoms in total. The minimum atomic E-state index is -0.379. The summed E-state index contributed by atoms with van der Waals surface area (Å²) in [6, 6.07) is 15.1. The summed E-state index contributed by atoms with van der Waals surface area (Å²) < 4.78 is 4.90. The van der Waals surface area contributed by atoms with Crippen LogP contribution in [0.3, 0.4) is 0 Å². The fraction of sp³-hybridized carbons (Fsp3) is 0.118. The molecule has 1 saturated heterocycles. The Morgan fingerprint density at radius 3 is 2.48 bits per heavy atom. The predicted octanol–water partition coefficient (Wildman–Crippen LogP) is 3.52. The van der Waals surface area contributed by atoms with E-state index in [2.05, 4.69) is 17.2 Å². The fourth-order valence-electron chi connectivity index (χ4n) is 2.11. The van der Waals surface area contributed by atoms with Gasteiger partial charge in [0.1, 0.15) is 6.61 Å². The number of halogens is 1. The lowest BCUT2D eigenvalue weighted by molar-refractivity contribution is 0.177. The fourth-order valence-corrected chi connectivity index (χ4v) is 2.30. The van der Waals surface area contributed by atoms with E-state index >= 15 is 0 Å². The number of rotatable bonds is 1. The van der Waals surface area contributed by atoms with Gasteiger partial charge in [-0.3, -0.25) is 0 Å². The average molecular weight is 298 g/mol. The zero-order chi connectivity index (χ0) is 14.7. The molecule has 1 N–H and O–H groups in total. The van der Waals surface area contributed by atoms with Gasteiger partial charge in [0.05, 0.1) is 6.04 Å². The first kappa shape index (κ1) is 13.5. The lowest BCUT2D eigenvalue weighted by Gasteiger charge is -2.07. The summed E-state index contributed by atoms with van der Waals surface area (Å²) in [6.45, 7) is 0.351. The number of nitrogens with one attached hydrogen (secondary N) is 1. The molecule has 0 aromatic heterocycles. The number of cyclic esters (lactones) is 1. The zero-order valence-corrected chi connectivity index (χ0v) is 11.9. The largest absolute Gasteiger partial charge is 0.447 e. The number of hydrogen-bond donors (Lipinski definition) is 1. The molecular formula is C17H12ClNO2. The van der Waals surface area contributed by atoms with Crippen molar-refractivity contribution < 1.29 is 9.53 Å². The van der Waals surface area contributed by atoms with Gasteiger partial charge >= 0.3 is 6.09 Å². The number of ether oxygens (including phenoxy) is 1. The second kappa shape index (κ2) is 5.90. The lowest BCUT2D eigenvalue weighted by atomic mass is 10.0. The van der Waals surface area contributed by atoms with E-state index in [1.165, 1.54) is 0 Å². The molecule has 3 rings (SSSR count). The van der Waals surface area contributed by atoms with Crippen LogP contribution in [0, 0.1) is 11.8 Å². The summed E-state index contributed by atoms with van der Waals surface area (Å²) in [5.74, 6) is 6.18. The number of carbonyl (C=O) groups is 1. The molecule has 21 heavy (non-hydrogen) atoms. The molecule has 1 fully saturated rings. The molecule has 0 saturated carbocycles. The van der Waals surface area contributed by atoms with Gasteiger partial charge in [0.25, 0.3) is 0 Å². The van der Waals surface area contributed by atoms with Crippen LogP contribution in [0.25, 0.3) is 0 Å². The minimum Gasteiger partial charge on any atom is -0.447 e. The van der Waals surface area contributed by atoms with Crippen molar-refractivity contribution in [2.24, 2.45) is 0 Å². The van der Waals surface area contributed by atoms with Crippen molar-refractivity contribution in [1.82, 2.24) is 5.32 Å². The van der Waals surface area contributed by atoms with E-state index in [0.29, 0.717) is 11.6 Å². The van der Waals surface area contributed by atoms with Gasteiger partial charge in [-0.25, -0.2) is 4.79 Å². The molecule has 1 aliphatic heterocycles. The van der Waals surface area contributed by atoms with Crippen LogP contribution in [0.4, 0.5) is 4.79 Å². The second-order valence-electron chi connectivity index (χ2n) is 4.68. The van der Waals surface area contributed by atoms with Gasteiger partial charge in [-0.1, -0.05) is 41.6 Å². The number of alkyl carbamates (subject to hydrolysis) is 1. The Hall–Kier alpha value is -2.44. The predicted molar refractivity (Wildman–Crippen MR) is 81.1 cm³/mol. The highest BCUT2D eigenvalue weighted by Crippen LogP contribution is 2.19. The molecule has 104 valence electrons. The summed E-state index contributed by atoms with van der Waals surface area (Å²) in [5.41, 5.74) is 2.73. The first-order chi connectivity index (χ1) is 10.2. The molecule has 1 amide bonds. The maximum atomic E-state index is 11.1. The topological polar surface area (TPSA) is 38.3 Å². The Morgan fingerprint density at radius 2 is 1.81 bits per heavy atom. The molecule has 0 aliphatic carbocycles. The standard InChI is InChI=1S/C17H12ClNO2/c18-15-6-2-4-13(10-15)8-7-12-3-1-5-14(9-12)16-11-21-17(20)19-16/h1-6,9-10,16H,11H2,(H,19,20)/t16-/m0/s1. The normalized spacial score (nSPS) is 16.6. The van der Waals surface area contributed by atoms with Crippen LogP contribution in [0.1, 0.15) is 22.7 Å². The van der Waals surface area contributed by atoms with E-state index in [1.807, 2.05) is 48.5 Å². The van der Waals surface area contributed by atoms with Crippen LogP contribution in [-0.2, 0) is 4.74 Å². The van der Waals surface area contributed by atoms with Gasteiger partial charge in [-0.05, 0) is 35.9 Å². The van der Waals surface area contributed by atoms with E-state index in [4.69, 9.17) is 16.3 Å². The van der Waals surface area contributed by atoms with Gasteiger partial charge in [-0.15, -0.1) is 0 Å². The Kier molecular flexibility index (Phi) is 3.81. The number of hydrogen-bond acceptors (Lipinski definition) is 2. The maximum Gasteiger partial charge on any atom is 0.407 e. The first-order valence-corrected chi connectivity index (χ1v) is 6.89. The smallest absolute Gasteiger partial charge is 0.407 e. The van der Waals surface area contributed by atoms with Crippen LogP contribution in [-0.4, -0.2) is 12.7 Å². The Bertz CT molecular complexity index is 746. The van der Waals surface area contributed by atoms with E-state index in [0.717, 1.165) is 16.7 Å². The van der Waals surface area contributed by atoms with Crippen molar-refractivity contribution >= 4 is 17.7 Å². The van der Waals surface area contributed by atoms with Crippen LogP contribution in [0.15, 0.2) is 48.5 Å². The van der Waals surface area contributed by atoms with Crippen molar-refractivity contribution in [2.45, 2.75) is 6.04 Å². The van der Waals surface area contributed by atoms with Gasteiger partial charge in [0.15, 0.2) is 0 Å². The van der Waals surface area contributed by atoms with Crippen LogP contribution >= 0.6 is 11.6 Å². The Labute approximate surface area is 127 Å². The molecule has 0 radical (unpaired) electrons. The van der Waals surface area contributed by atoms with Crippen LogP contribution < -0.4 is 5.32 Å². The average Bonchev–Trinajstić information content (AvgIpc) is 2.92. The van der Waals surface area contributed by atoms with E-state index in [1.54, 1.807) is 0 Å². The van der Waals surface area contributed by atoms with E-state index in [-0.39, 0.29) is 12.1 Å². The number of benzene rings is 2. The lowest BCUT2D eigenvalue weighted by Crippen LogP contribution is -2.18. The summed E-state index contributed by atoms with van der Waals surface area (Å²) >= 11 is 5.93. The zero-order valence-electron chi connectivity index (χ0n) is 11.1. The molecule has 1 aliphatic rings. The summed E-state index contributed by atoms with van der Waals surface area (Å²) in [4.78, 5) is 11.1. The molecule has 2 aromatic carbocycles. The highest BCUT2D eigenvalue weighted by atomic mass is 35.5. The third-order valence-corrected chi connectivity index (χ3v) is 3.37. The number of carbonyl (C=O) groups excluding carboxylic acids is 1. The van der Waals surface area contributed by atoms with Gasteiger partial charge in [0, 0.05) is 16.1 Å². The van der Waals surface area contributed by atoms with E-state index < -0.39 is 0 Å². The monoisotopic (exact) mass is 297 g/mol. The second-order valence-corrected chi connectivity index (χ2v) is 5.12. The van der Waals surface area contributed by atoms with Crippen molar-refractivity contribution in [1.29, 1.82) is 0 Å². The first-order valence-electron chi connectivity index (χ1n) is 6.51. The van der Waals surface area contributed by atoms with Crippen molar-refractivity contribution in [3.8, 4) is 11.8 Å². The third kappa shape index (κ3) is 3.36. The minimum absolute atomic E-state index is 0.106. The molecule has 0 bridgehead atoms. The molecule has 2 aromatic rings. The van der Waals surface area contributed by atoms with Gasteiger partial charge in [0.2, 0.25) is 0 Å². The highest BCUT2D eigenvalue weighted by Gasteiger charge is 2.23. The molecule has 0 spiro atoms. The van der Waals surface area contributed by atoms with Crippen molar-refractivity contribution in [3.63, 3.8) is 0 Å². The molecule has 1 atom stereocenters. The molecule has 0 unspecified atom stereocenters. The highest BCUT2D eigenvalue weighted by molar-refractivity contribution is 6.30. The maximum absolute atomic E-state index is 11.1. The summed E-state index contributed by atoms with van der Waals surface area (Å²) in [6.07, 6.45) is -0.379. The van der Waals surface area contributed by atoms with Crippen LogP contribution in [0.5, 0.6) is 0 Å². The van der Waals surface area contributed by atoms with E-state index in [9.17, 15) is 4.79 Å². The Balaban J connectivity index is 1.82. The quantitative estimate of drug-likeness (QED) is 0.818. The summed E-state index contributed by atoms with van der Waals surface area (Å²) in [5, 5.41) is 3.42. The summed E-state index contributed by atoms with van der Waals surface area (Å²) in [7, 11) is 0. The van der Waals surface area contributed by atoms with Gasteiger partial charge < -0.3 is 10.1 Å². The number of amides is 1. The van der Waals surface area contributed by atoms with Crippen molar-refractivity contribution in [2.75, 3.05) is 6.61 Å². The molecule has 1 heterocycles. The third-order valence-electron chi connectivity index (χ3n) is 3.14.